The first-order chi connectivity index (χ1) is 20.4. The smallest absolute Gasteiger partial charge is 0.433 e. The average molecular weight is 681 g/mol. The molecule has 0 saturated carbocycles. The molecule has 3 N–H and O–H groups in total. The van der Waals surface area contributed by atoms with E-state index in [0.29, 0.717) is 16.1 Å². The van der Waals surface area contributed by atoms with Crippen LogP contribution in [-0.2, 0) is 27.0 Å². The van der Waals surface area contributed by atoms with Gasteiger partial charge in [0.1, 0.15) is 17.4 Å². The van der Waals surface area contributed by atoms with Crippen LogP contribution in [0.3, 0.4) is 0 Å². The maximum Gasteiger partial charge on any atom is 0.433 e. The molecule has 1 atom stereocenters. The van der Waals surface area contributed by atoms with Gasteiger partial charge in [-0.1, -0.05) is 51.8 Å². The Labute approximate surface area is 258 Å². The fraction of sp³-hybridized carbons (Fsp3) is 0.276. The molecular weight excluding hydrogens is 655 g/mol. The van der Waals surface area contributed by atoms with E-state index in [2.05, 4.69) is 36.5 Å². The zero-order valence-electron chi connectivity index (χ0n) is 22.4. The molecule has 1 fully saturated rings. The van der Waals surface area contributed by atoms with Crippen LogP contribution >= 0.6 is 27.5 Å². The molecule has 2 amide bonds. The minimum absolute atomic E-state index is 0.0200. The van der Waals surface area contributed by atoms with E-state index < -0.39 is 41.6 Å². The molecule has 9 nitrogen and oxygen atoms in total. The highest BCUT2D eigenvalue weighted by Crippen LogP contribution is 2.29. The number of nitrogens with one attached hydrogen (secondary N) is 2. The number of amides is 2. The van der Waals surface area contributed by atoms with E-state index in [1.165, 1.54) is 6.08 Å². The van der Waals surface area contributed by atoms with Gasteiger partial charge in [0.15, 0.2) is 0 Å². The van der Waals surface area contributed by atoms with Gasteiger partial charge in [-0.15, -0.1) is 0 Å². The van der Waals surface area contributed by atoms with Gasteiger partial charge in [-0.25, -0.2) is 14.8 Å². The molecule has 4 rings (SSSR count). The fourth-order valence-electron chi connectivity index (χ4n) is 4.41. The SMILES string of the molecule is O=C(N[C@@H](Cc1ccc(Cl)cc1)C(=O)O)C(=Cc1ccc(Br)cc1)NC(=O)C1CCN(c2nccc(C(F)(F)F)n2)CC1. The normalized spacial score (nSPS) is 15.1. The summed E-state index contributed by atoms with van der Waals surface area (Å²) in [5.74, 6) is -3.18. The Hall–Kier alpha value is -3.97. The number of alkyl halides is 3. The van der Waals surface area contributed by atoms with Crippen LogP contribution in [0.25, 0.3) is 6.08 Å². The molecule has 0 spiro atoms. The van der Waals surface area contributed by atoms with E-state index in [0.717, 1.165) is 16.7 Å². The van der Waals surface area contributed by atoms with E-state index >= 15 is 0 Å². The predicted octanol–water partition coefficient (Wildman–Crippen LogP) is 5.10. The number of carbonyl (C=O) groups is 3. The molecular formula is C29H26BrClF3N5O4. The number of hydrogen-bond acceptors (Lipinski definition) is 6. The van der Waals surface area contributed by atoms with Crippen molar-refractivity contribution in [2.45, 2.75) is 31.5 Å². The number of anilines is 1. The highest BCUT2D eigenvalue weighted by molar-refractivity contribution is 9.10. The molecule has 0 radical (unpaired) electrons. The second kappa shape index (κ2) is 14.0. The molecule has 2 aromatic carbocycles. The van der Waals surface area contributed by atoms with E-state index in [1.807, 2.05) is 0 Å². The summed E-state index contributed by atoms with van der Waals surface area (Å²) in [6.45, 7) is 0.444. The number of aromatic nitrogens is 2. The van der Waals surface area contributed by atoms with Crippen molar-refractivity contribution in [1.82, 2.24) is 20.6 Å². The summed E-state index contributed by atoms with van der Waals surface area (Å²) >= 11 is 9.25. The zero-order chi connectivity index (χ0) is 31.1. The first-order valence-electron chi connectivity index (χ1n) is 13.1. The summed E-state index contributed by atoms with van der Waals surface area (Å²) in [6.07, 6.45) is -1.61. The van der Waals surface area contributed by atoms with Gasteiger partial charge in [-0.05, 0) is 60.4 Å². The quantitative estimate of drug-likeness (QED) is 0.269. The number of carboxylic acid groups (broad SMARTS) is 1. The molecule has 0 unspecified atom stereocenters. The lowest BCUT2D eigenvalue weighted by atomic mass is 9.96. The van der Waals surface area contributed by atoms with E-state index in [1.54, 1.807) is 53.4 Å². The van der Waals surface area contributed by atoms with Crippen molar-refractivity contribution in [3.63, 3.8) is 0 Å². The maximum atomic E-state index is 13.3. The Morgan fingerprint density at radius 1 is 1.07 bits per heavy atom. The standard InChI is InChI=1S/C29H26BrClF3N5O4/c30-20-5-1-17(2-6-20)15-22(26(41)37-23(27(42)43)16-18-3-7-21(31)8-4-18)36-25(40)19-10-13-39(14-11-19)28-35-12-9-24(38-28)29(32,33)34/h1-9,12,15,19,23H,10-11,13-14,16H2,(H,36,40)(H,37,41)(H,42,43)/t23-/m0/s1. The first-order valence-corrected chi connectivity index (χ1v) is 14.3. The predicted molar refractivity (Wildman–Crippen MR) is 157 cm³/mol. The molecule has 2 heterocycles. The minimum Gasteiger partial charge on any atom is -0.480 e. The van der Waals surface area contributed by atoms with E-state index in [4.69, 9.17) is 11.6 Å². The van der Waals surface area contributed by atoms with E-state index in [9.17, 15) is 32.7 Å². The van der Waals surface area contributed by atoms with Crippen molar-refractivity contribution < 1.29 is 32.7 Å². The summed E-state index contributed by atoms with van der Waals surface area (Å²) in [5, 5.41) is 15.4. The third kappa shape index (κ3) is 9.01. The number of carboxylic acids is 1. The number of aliphatic carboxylic acids is 1. The Balaban J connectivity index is 1.47. The zero-order valence-corrected chi connectivity index (χ0v) is 24.8. The van der Waals surface area contributed by atoms with Gasteiger partial charge in [-0.2, -0.15) is 13.2 Å². The summed E-state index contributed by atoms with van der Waals surface area (Å²) in [6, 6.07) is 12.9. The highest BCUT2D eigenvalue weighted by atomic mass is 79.9. The van der Waals surface area contributed by atoms with Crippen LogP contribution in [0.1, 0.15) is 29.7 Å². The number of rotatable bonds is 9. The van der Waals surface area contributed by atoms with Crippen molar-refractivity contribution in [3.8, 4) is 0 Å². The summed E-state index contributed by atoms with van der Waals surface area (Å²) in [5.41, 5.74) is 0.00553. The van der Waals surface area contributed by atoms with Crippen LogP contribution in [0.4, 0.5) is 19.1 Å². The largest absolute Gasteiger partial charge is 0.480 e. The fourth-order valence-corrected chi connectivity index (χ4v) is 4.80. The van der Waals surface area contributed by atoms with Crippen LogP contribution < -0.4 is 15.5 Å². The Bertz CT molecular complexity index is 1500. The number of carbonyl (C=O) groups excluding carboxylic acids is 2. The summed E-state index contributed by atoms with van der Waals surface area (Å²) in [4.78, 5) is 47.7. The second-order valence-corrected chi connectivity index (χ2v) is 11.1. The molecule has 226 valence electrons. The van der Waals surface area contributed by atoms with Crippen molar-refractivity contribution in [3.05, 3.63) is 92.8 Å². The maximum absolute atomic E-state index is 13.3. The number of piperidine rings is 1. The van der Waals surface area contributed by atoms with Crippen molar-refractivity contribution in [2.24, 2.45) is 5.92 Å². The molecule has 1 saturated heterocycles. The van der Waals surface area contributed by atoms with Gasteiger partial charge in [0, 0.05) is 41.1 Å². The third-order valence-corrected chi connectivity index (χ3v) is 7.50. The van der Waals surface area contributed by atoms with Crippen LogP contribution in [0.2, 0.25) is 5.02 Å². The molecule has 1 aromatic heterocycles. The average Bonchev–Trinajstić information content (AvgIpc) is 2.98. The molecule has 14 heteroatoms. The third-order valence-electron chi connectivity index (χ3n) is 6.72. The molecule has 1 aliphatic rings. The highest BCUT2D eigenvalue weighted by Gasteiger charge is 2.34. The van der Waals surface area contributed by atoms with Gasteiger partial charge in [0.05, 0.1) is 0 Å². The van der Waals surface area contributed by atoms with Gasteiger partial charge in [0.2, 0.25) is 11.9 Å². The van der Waals surface area contributed by atoms with Gasteiger partial charge >= 0.3 is 12.1 Å². The van der Waals surface area contributed by atoms with Gasteiger partial charge in [-0.3, -0.25) is 9.59 Å². The van der Waals surface area contributed by atoms with Crippen LogP contribution in [0.15, 0.2) is 71.0 Å². The number of nitrogens with zero attached hydrogens (tertiary/aromatic N) is 3. The Morgan fingerprint density at radius 3 is 2.33 bits per heavy atom. The van der Waals surface area contributed by atoms with Crippen molar-refractivity contribution in [1.29, 1.82) is 0 Å². The van der Waals surface area contributed by atoms with Crippen LogP contribution in [-0.4, -0.2) is 52.0 Å². The lowest BCUT2D eigenvalue weighted by molar-refractivity contribution is -0.141. The first kappa shape index (κ1) is 32.0. The van der Waals surface area contributed by atoms with Crippen molar-refractivity contribution in [2.75, 3.05) is 18.0 Å². The van der Waals surface area contributed by atoms with Crippen molar-refractivity contribution >= 4 is 57.3 Å². The van der Waals surface area contributed by atoms with Crippen LogP contribution in [0, 0.1) is 5.92 Å². The Kier molecular flexibility index (Phi) is 10.4. The molecule has 1 aliphatic heterocycles. The topological polar surface area (TPSA) is 125 Å². The monoisotopic (exact) mass is 679 g/mol. The number of hydrogen-bond donors (Lipinski definition) is 3. The van der Waals surface area contributed by atoms with Gasteiger partial charge in [0.25, 0.3) is 5.91 Å². The van der Waals surface area contributed by atoms with E-state index in [-0.39, 0.29) is 44.0 Å². The lowest BCUT2D eigenvalue weighted by Crippen LogP contribution is -2.47. The lowest BCUT2D eigenvalue weighted by Gasteiger charge is -2.31. The number of halogens is 5. The minimum atomic E-state index is -4.61. The summed E-state index contributed by atoms with van der Waals surface area (Å²) < 4.78 is 40.0. The van der Waals surface area contributed by atoms with Crippen LogP contribution in [0.5, 0.6) is 0 Å². The summed E-state index contributed by atoms with van der Waals surface area (Å²) in [7, 11) is 0. The molecule has 0 aliphatic carbocycles. The molecule has 0 bridgehead atoms. The number of benzene rings is 2. The molecule has 43 heavy (non-hydrogen) atoms. The second-order valence-electron chi connectivity index (χ2n) is 9.79. The Morgan fingerprint density at radius 2 is 1.72 bits per heavy atom. The van der Waals surface area contributed by atoms with Gasteiger partial charge < -0.3 is 20.6 Å². The molecule has 3 aromatic rings.